The van der Waals surface area contributed by atoms with Crippen LogP contribution in [0.2, 0.25) is 0 Å². The number of nitrogens with zero attached hydrogens (tertiary/aromatic N) is 1. The Morgan fingerprint density at radius 2 is 1.95 bits per heavy atom. The maximum atomic E-state index is 12.9. The number of halogens is 3. The van der Waals surface area contributed by atoms with Crippen LogP contribution in [0.25, 0.3) is 0 Å². The highest BCUT2D eigenvalue weighted by molar-refractivity contribution is 5.62. The van der Waals surface area contributed by atoms with E-state index in [9.17, 15) is 13.2 Å². The summed E-state index contributed by atoms with van der Waals surface area (Å²) in [6.45, 7) is 7.00. The molecule has 21 heavy (non-hydrogen) atoms. The van der Waals surface area contributed by atoms with Crippen LogP contribution in [0.4, 0.5) is 18.9 Å². The molecule has 1 aliphatic heterocycles. The fraction of sp³-hybridized carbons (Fsp3) is 0.625. The van der Waals surface area contributed by atoms with Gasteiger partial charge in [-0.15, -0.1) is 0 Å². The Balaban J connectivity index is 2.38. The van der Waals surface area contributed by atoms with Gasteiger partial charge < -0.3 is 10.2 Å². The molecule has 2 nitrogen and oxygen atoms in total. The third-order valence-electron chi connectivity index (χ3n) is 4.28. The number of hydrogen-bond acceptors (Lipinski definition) is 2. The summed E-state index contributed by atoms with van der Waals surface area (Å²) in [5.41, 5.74) is 1.24. The van der Waals surface area contributed by atoms with E-state index in [-0.39, 0.29) is 18.0 Å². The first-order chi connectivity index (χ1) is 9.74. The van der Waals surface area contributed by atoms with Gasteiger partial charge in [-0.3, -0.25) is 0 Å². The van der Waals surface area contributed by atoms with Crippen molar-refractivity contribution in [2.75, 3.05) is 18.5 Å². The van der Waals surface area contributed by atoms with Gasteiger partial charge in [-0.2, -0.15) is 13.2 Å². The minimum absolute atomic E-state index is 0.146. The summed E-state index contributed by atoms with van der Waals surface area (Å²) in [5.74, 6) is 0.146. The highest BCUT2D eigenvalue weighted by Crippen LogP contribution is 2.42. The van der Waals surface area contributed by atoms with E-state index in [4.69, 9.17) is 0 Å². The van der Waals surface area contributed by atoms with E-state index < -0.39 is 11.7 Å². The second-order valence-electron chi connectivity index (χ2n) is 6.14. The lowest BCUT2D eigenvalue weighted by molar-refractivity contribution is -0.137. The predicted molar refractivity (Wildman–Crippen MR) is 79.8 cm³/mol. The molecule has 2 atom stereocenters. The molecule has 0 aliphatic carbocycles. The highest BCUT2D eigenvalue weighted by atomic mass is 19.4. The third kappa shape index (κ3) is 3.34. The molecule has 0 spiro atoms. The maximum Gasteiger partial charge on any atom is 0.416 e. The number of anilines is 1. The fourth-order valence-electron chi connectivity index (χ4n) is 2.99. The lowest BCUT2D eigenvalue weighted by Crippen LogP contribution is -2.31. The number of fused-ring (bicyclic) bond motifs is 1. The zero-order chi connectivity index (χ0) is 15.8. The van der Waals surface area contributed by atoms with Crippen molar-refractivity contribution in [1.82, 2.24) is 5.32 Å². The van der Waals surface area contributed by atoms with Crippen LogP contribution in [0, 0.1) is 0 Å². The molecule has 2 unspecified atom stereocenters. The molecule has 1 aromatic rings. The Bertz CT molecular complexity index is 497. The van der Waals surface area contributed by atoms with Crippen molar-refractivity contribution in [3.05, 3.63) is 29.3 Å². The van der Waals surface area contributed by atoms with Crippen LogP contribution in [0.1, 0.15) is 44.2 Å². The average Bonchev–Trinajstić information content (AvgIpc) is 2.76. The van der Waals surface area contributed by atoms with Crippen LogP contribution in [0.15, 0.2) is 18.2 Å². The summed E-state index contributed by atoms with van der Waals surface area (Å²) >= 11 is 0. The Labute approximate surface area is 124 Å². The molecule has 0 aromatic heterocycles. The minimum atomic E-state index is -4.28. The number of rotatable bonds is 4. The second-order valence-corrected chi connectivity index (χ2v) is 6.14. The first-order valence-corrected chi connectivity index (χ1v) is 7.39. The molecule has 5 heteroatoms. The van der Waals surface area contributed by atoms with E-state index >= 15 is 0 Å². The standard InChI is InChI=1S/C16H23F3N2/c1-10(2)21-9-12(7-11(3)20-4)14-8-13(16(17,18)19)5-6-15(14)21/h5-6,8,10-12,20H,7,9H2,1-4H3. The highest BCUT2D eigenvalue weighted by Gasteiger charge is 2.36. The quantitative estimate of drug-likeness (QED) is 0.903. The van der Waals surface area contributed by atoms with Crippen LogP contribution in [-0.4, -0.2) is 25.7 Å². The maximum absolute atomic E-state index is 12.9. The second kappa shape index (κ2) is 5.87. The van der Waals surface area contributed by atoms with E-state index in [1.165, 1.54) is 12.1 Å². The lowest BCUT2D eigenvalue weighted by Gasteiger charge is -2.25. The largest absolute Gasteiger partial charge is 0.416 e. The Hall–Kier alpha value is -1.23. The van der Waals surface area contributed by atoms with Gasteiger partial charge in [0.15, 0.2) is 0 Å². The summed E-state index contributed by atoms with van der Waals surface area (Å²) in [5, 5.41) is 3.17. The van der Waals surface area contributed by atoms with Crippen molar-refractivity contribution in [2.24, 2.45) is 0 Å². The smallest absolute Gasteiger partial charge is 0.368 e. The van der Waals surface area contributed by atoms with Gasteiger partial charge in [0.25, 0.3) is 0 Å². The van der Waals surface area contributed by atoms with E-state index in [0.29, 0.717) is 0 Å². The number of alkyl halides is 3. The van der Waals surface area contributed by atoms with Crippen LogP contribution in [-0.2, 0) is 6.18 Å². The first kappa shape index (κ1) is 16.1. The van der Waals surface area contributed by atoms with E-state index in [1.54, 1.807) is 6.07 Å². The molecule has 0 fully saturated rings. The summed E-state index contributed by atoms with van der Waals surface area (Å²) in [4.78, 5) is 2.20. The molecule has 0 bridgehead atoms. The van der Waals surface area contributed by atoms with Crippen molar-refractivity contribution in [3.63, 3.8) is 0 Å². The zero-order valence-corrected chi connectivity index (χ0v) is 13.0. The summed E-state index contributed by atoms with van der Waals surface area (Å²) in [7, 11) is 1.88. The van der Waals surface area contributed by atoms with Gasteiger partial charge in [0, 0.05) is 30.2 Å². The third-order valence-corrected chi connectivity index (χ3v) is 4.28. The number of benzene rings is 1. The predicted octanol–water partition coefficient (Wildman–Crippen LogP) is 4.02. The molecule has 1 heterocycles. The van der Waals surface area contributed by atoms with Gasteiger partial charge in [-0.25, -0.2) is 0 Å². The first-order valence-electron chi connectivity index (χ1n) is 7.39. The SMILES string of the molecule is CNC(C)CC1CN(C(C)C)c2ccc(C(F)(F)F)cc21. The average molecular weight is 300 g/mol. The molecule has 1 aliphatic rings. The van der Waals surface area contributed by atoms with Crippen molar-refractivity contribution in [3.8, 4) is 0 Å². The van der Waals surface area contributed by atoms with Crippen LogP contribution >= 0.6 is 0 Å². The molecule has 0 amide bonds. The van der Waals surface area contributed by atoms with Gasteiger partial charge in [0.1, 0.15) is 0 Å². The van der Waals surface area contributed by atoms with Crippen LogP contribution in [0.5, 0.6) is 0 Å². The lowest BCUT2D eigenvalue weighted by atomic mass is 9.93. The molecular weight excluding hydrogens is 277 g/mol. The molecule has 0 saturated heterocycles. The van der Waals surface area contributed by atoms with Gasteiger partial charge in [0.05, 0.1) is 5.56 Å². The van der Waals surface area contributed by atoms with Crippen LogP contribution in [0.3, 0.4) is 0 Å². The molecule has 2 rings (SSSR count). The van der Waals surface area contributed by atoms with Crippen molar-refractivity contribution in [1.29, 1.82) is 0 Å². The molecule has 118 valence electrons. The van der Waals surface area contributed by atoms with Gasteiger partial charge >= 0.3 is 6.18 Å². The molecule has 1 aromatic carbocycles. The van der Waals surface area contributed by atoms with E-state index in [1.807, 2.05) is 7.05 Å². The van der Waals surface area contributed by atoms with Crippen molar-refractivity contribution in [2.45, 2.75) is 51.4 Å². The summed E-state index contributed by atoms with van der Waals surface area (Å²) in [6, 6.07) is 4.73. The topological polar surface area (TPSA) is 15.3 Å². The Morgan fingerprint density at radius 1 is 1.29 bits per heavy atom. The van der Waals surface area contributed by atoms with Crippen LogP contribution < -0.4 is 10.2 Å². The molecule has 0 radical (unpaired) electrons. The number of hydrogen-bond donors (Lipinski definition) is 1. The molecule has 0 saturated carbocycles. The fourth-order valence-corrected chi connectivity index (χ4v) is 2.99. The van der Waals surface area contributed by atoms with Crippen molar-refractivity contribution >= 4 is 5.69 Å². The zero-order valence-electron chi connectivity index (χ0n) is 13.0. The molecular formula is C16H23F3N2. The Kier molecular flexibility index (Phi) is 4.51. The van der Waals surface area contributed by atoms with Gasteiger partial charge in [0.2, 0.25) is 0 Å². The minimum Gasteiger partial charge on any atom is -0.368 e. The number of nitrogens with one attached hydrogen (secondary N) is 1. The van der Waals surface area contributed by atoms with E-state index in [2.05, 4.69) is 31.0 Å². The van der Waals surface area contributed by atoms with Gasteiger partial charge in [-0.1, -0.05) is 0 Å². The summed E-state index contributed by atoms with van der Waals surface area (Å²) in [6.07, 6.45) is -3.44. The van der Waals surface area contributed by atoms with E-state index in [0.717, 1.165) is 24.2 Å². The van der Waals surface area contributed by atoms with Gasteiger partial charge in [-0.05, 0) is 58.0 Å². The summed E-state index contributed by atoms with van der Waals surface area (Å²) < 4.78 is 38.8. The van der Waals surface area contributed by atoms with Crippen molar-refractivity contribution < 1.29 is 13.2 Å². The monoisotopic (exact) mass is 300 g/mol. The normalized spacial score (nSPS) is 20.0. The Morgan fingerprint density at radius 3 is 2.48 bits per heavy atom. The molecule has 1 N–H and O–H groups in total.